The Morgan fingerprint density at radius 1 is 1.26 bits per heavy atom. The normalized spacial score (nSPS) is 16.4. The lowest BCUT2D eigenvalue weighted by atomic mass is 9.98. The van der Waals surface area contributed by atoms with Gasteiger partial charge in [-0.3, -0.25) is 9.89 Å². The number of ether oxygens (including phenoxy) is 2. The fourth-order valence-corrected chi connectivity index (χ4v) is 4.39. The van der Waals surface area contributed by atoms with E-state index in [2.05, 4.69) is 10.2 Å². The molecule has 1 N–H and O–H groups in total. The number of thiophene rings is 1. The predicted octanol–water partition coefficient (Wildman–Crippen LogP) is 3.96. The van der Waals surface area contributed by atoms with Gasteiger partial charge in [0.1, 0.15) is 0 Å². The summed E-state index contributed by atoms with van der Waals surface area (Å²) in [6, 6.07) is 11.1. The molecular formula is C19H18ClN3O3S. The molecule has 8 heteroatoms. The number of rotatable bonds is 6. The average molecular weight is 404 g/mol. The second-order valence-electron chi connectivity index (χ2n) is 6.12. The maximum atomic E-state index is 13.1. The Labute approximate surface area is 165 Å². The summed E-state index contributed by atoms with van der Waals surface area (Å²) in [5.74, 6) is -0.173. The number of carbonyl (C=O) groups is 1. The first-order valence-electron chi connectivity index (χ1n) is 8.38. The third kappa shape index (κ3) is 3.06. The first-order chi connectivity index (χ1) is 13.2. The number of nitrogens with one attached hydrogen (secondary N) is 1. The number of benzene rings is 1. The molecule has 1 unspecified atom stereocenters. The van der Waals surface area contributed by atoms with Crippen molar-refractivity contribution in [1.82, 2.24) is 15.1 Å². The van der Waals surface area contributed by atoms with Crippen LogP contribution < -0.4 is 0 Å². The van der Waals surface area contributed by atoms with Crippen molar-refractivity contribution in [2.24, 2.45) is 0 Å². The molecule has 4 rings (SSSR count). The summed E-state index contributed by atoms with van der Waals surface area (Å²) in [7, 11) is 3.10. The van der Waals surface area contributed by atoms with E-state index in [0.29, 0.717) is 10.7 Å². The van der Waals surface area contributed by atoms with E-state index in [-0.39, 0.29) is 18.5 Å². The number of methoxy groups -OCH3 is 2. The van der Waals surface area contributed by atoms with Gasteiger partial charge in [-0.25, -0.2) is 0 Å². The highest BCUT2D eigenvalue weighted by atomic mass is 35.5. The highest BCUT2D eigenvalue weighted by Crippen LogP contribution is 2.45. The molecule has 3 heterocycles. The topological polar surface area (TPSA) is 67.5 Å². The molecule has 0 aliphatic carbocycles. The Morgan fingerprint density at radius 3 is 2.70 bits per heavy atom. The second-order valence-corrected chi connectivity index (χ2v) is 7.48. The Kier molecular flexibility index (Phi) is 5.01. The van der Waals surface area contributed by atoms with Crippen molar-refractivity contribution in [3.63, 3.8) is 0 Å². The molecule has 1 aliphatic heterocycles. The van der Waals surface area contributed by atoms with Gasteiger partial charge in [-0.1, -0.05) is 35.9 Å². The second kappa shape index (κ2) is 7.44. The first kappa shape index (κ1) is 18.2. The molecule has 0 saturated heterocycles. The maximum absolute atomic E-state index is 13.1. The molecule has 0 saturated carbocycles. The van der Waals surface area contributed by atoms with E-state index in [0.717, 1.165) is 21.7 Å². The lowest BCUT2D eigenvalue weighted by Gasteiger charge is -2.29. The van der Waals surface area contributed by atoms with Crippen molar-refractivity contribution >= 4 is 28.8 Å². The van der Waals surface area contributed by atoms with E-state index in [4.69, 9.17) is 21.1 Å². The van der Waals surface area contributed by atoms with Gasteiger partial charge in [0.25, 0.3) is 5.91 Å². The molecule has 1 amide bonds. The lowest BCUT2D eigenvalue weighted by molar-refractivity contribution is -0.113. The monoisotopic (exact) mass is 403 g/mol. The van der Waals surface area contributed by atoms with Crippen molar-refractivity contribution in [3.8, 4) is 10.6 Å². The maximum Gasteiger partial charge on any atom is 0.275 e. The molecular weight excluding hydrogens is 386 g/mol. The van der Waals surface area contributed by atoms with Gasteiger partial charge in [-0.05, 0) is 23.1 Å². The molecule has 27 heavy (non-hydrogen) atoms. The van der Waals surface area contributed by atoms with E-state index in [9.17, 15) is 4.79 Å². The Balaban J connectivity index is 1.86. The number of halogens is 1. The van der Waals surface area contributed by atoms with Crippen LogP contribution in [0.3, 0.4) is 0 Å². The van der Waals surface area contributed by atoms with E-state index in [1.165, 1.54) is 0 Å². The van der Waals surface area contributed by atoms with E-state index in [1.807, 2.05) is 41.8 Å². The Morgan fingerprint density at radius 2 is 2.04 bits per heavy atom. The number of carbonyl (C=O) groups excluding carboxylic acids is 1. The van der Waals surface area contributed by atoms with Crippen molar-refractivity contribution in [2.45, 2.75) is 12.3 Å². The van der Waals surface area contributed by atoms with Crippen LogP contribution in [0.4, 0.5) is 0 Å². The minimum atomic E-state index is -0.544. The molecule has 1 atom stereocenters. The molecule has 6 nitrogen and oxygen atoms in total. The van der Waals surface area contributed by atoms with Crippen LogP contribution in [0.25, 0.3) is 10.6 Å². The van der Waals surface area contributed by atoms with Crippen LogP contribution in [0, 0.1) is 0 Å². The number of nitrogens with zero attached hydrogens (tertiary/aromatic N) is 2. The van der Waals surface area contributed by atoms with Crippen LogP contribution in [-0.2, 0) is 9.47 Å². The molecule has 140 valence electrons. The molecule has 2 aromatic heterocycles. The van der Waals surface area contributed by atoms with Gasteiger partial charge in [0.2, 0.25) is 0 Å². The summed E-state index contributed by atoms with van der Waals surface area (Å²) in [4.78, 5) is 15.9. The van der Waals surface area contributed by atoms with Crippen LogP contribution in [-0.4, -0.2) is 48.1 Å². The van der Waals surface area contributed by atoms with Gasteiger partial charge in [-0.2, -0.15) is 5.10 Å². The molecule has 0 radical (unpaired) electrons. The largest absolute Gasteiger partial charge is 0.354 e. The van der Waals surface area contributed by atoms with Crippen molar-refractivity contribution in [2.75, 3.05) is 20.8 Å². The number of aromatic amines is 1. The average Bonchev–Trinajstić information content (AvgIpc) is 3.39. The minimum absolute atomic E-state index is 0.173. The SMILES string of the molecule is COC(CN1C(=O)c2n[nH]c(-c3cccs3)c2C1c1ccccc1Cl)OC. The molecule has 1 aromatic carbocycles. The molecule has 0 spiro atoms. The van der Waals surface area contributed by atoms with Gasteiger partial charge in [0.15, 0.2) is 12.0 Å². The van der Waals surface area contributed by atoms with Crippen LogP contribution in [0.5, 0.6) is 0 Å². The number of hydrogen-bond acceptors (Lipinski definition) is 5. The zero-order valence-corrected chi connectivity index (χ0v) is 16.4. The zero-order chi connectivity index (χ0) is 19.0. The van der Waals surface area contributed by atoms with Gasteiger partial charge in [-0.15, -0.1) is 11.3 Å². The standard InChI is InChI=1S/C19H18ClN3O3S/c1-25-14(26-2)10-23-18(11-6-3-4-7-12(11)20)15-16(13-8-5-9-27-13)21-22-17(15)19(23)24/h3-9,14,18H,10H2,1-2H3,(H,21,22). The highest BCUT2D eigenvalue weighted by molar-refractivity contribution is 7.13. The van der Waals surface area contributed by atoms with Crippen LogP contribution in [0.1, 0.15) is 27.7 Å². The highest BCUT2D eigenvalue weighted by Gasteiger charge is 2.44. The summed E-state index contributed by atoms with van der Waals surface area (Å²) in [5, 5.41) is 9.94. The Hall–Kier alpha value is -2.19. The number of hydrogen-bond donors (Lipinski definition) is 1. The van der Waals surface area contributed by atoms with E-state index >= 15 is 0 Å². The number of aromatic nitrogens is 2. The third-order valence-corrected chi connectivity index (χ3v) is 5.92. The molecule has 0 fully saturated rings. The zero-order valence-electron chi connectivity index (χ0n) is 14.8. The van der Waals surface area contributed by atoms with Gasteiger partial charge < -0.3 is 14.4 Å². The summed E-state index contributed by atoms with van der Waals surface area (Å²) < 4.78 is 10.7. The van der Waals surface area contributed by atoms with E-state index < -0.39 is 6.29 Å². The van der Waals surface area contributed by atoms with Gasteiger partial charge in [0, 0.05) is 24.8 Å². The van der Waals surface area contributed by atoms with Crippen LogP contribution in [0.15, 0.2) is 41.8 Å². The van der Waals surface area contributed by atoms with E-state index in [1.54, 1.807) is 30.5 Å². The summed E-state index contributed by atoms with van der Waals surface area (Å²) >= 11 is 8.09. The summed E-state index contributed by atoms with van der Waals surface area (Å²) in [6.45, 7) is 0.266. The quantitative estimate of drug-likeness (QED) is 0.632. The number of fused-ring (bicyclic) bond motifs is 1. The number of H-pyrrole nitrogens is 1. The van der Waals surface area contributed by atoms with Crippen LogP contribution in [0.2, 0.25) is 5.02 Å². The Bertz CT molecular complexity index is 953. The first-order valence-corrected chi connectivity index (χ1v) is 9.64. The number of amides is 1. The summed E-state index contributed by atoms with van der Waals surface area (Å²) in [5.41, 5.74) is 2.93. The molecule has 0 bridgehead atoms. The van der Waals surface area contributed by atoms with Crippen molar-refractivity contribution in [1.29, 1.82) is 0 Å². The summed E-state index contributed by atoms with van der Waals surface area (Å²) in [6.07, 6.45) is -0.544. The predicted molar refractivity (Wildman–Crippen MR) is 104 cm³/mol. The fraction of sp³-hybridized carbons (Fsp3) is 0.263. The fourth-order valence-electron chi connectivity index (χ4n) is 3.41. The third-order valence-electron chi connectivity index (χ3n) is 4.69. The minimum Gasteiger partial charge on any atom is -0.354 e. The van der Waals surface area contributed by atoms with Crippen molar-refractivity contribution in [3.05, 3.63) is 63.6 Å². The van der Waals surface area contributed by atoms with Gasteiger partial charge in [0.05, 0.1) is 23.2 Å². The van der Waals surface area contributed by atoms with Gasteiger partial charge >= 0.3 is 0 Å². The molecule has 1 aliphatic rings. The lowest BCUT2D eigenvalue weighted by Crippen LogP contribution is -2.38. The molecule has 3 aromatic rings. The smallest absolute Gasteiger partial charge is 0.275 e. The van der Waals surface area contributed by atoms with Crippen LogP contribution >= 0.6 is 22.9 Å². The van der Waals surface area contributed by atoms with Crippen molar-refractivity contribution < 1.29 is 14.3 Å².